The summed E-state index contributed by atoms with van der Waals surface area (Å²) in [5.41, 5.74) is 2.06. The van der Waals surface area contributed by atoms with Crippen molar-refractivity contribution in [3.05, 3.63) is 23.0 Å². The summed E-state index contributed by atoms with van der Waals surface area (Å²) in [6, 6.07) is 1.93. The number of likely N-dealkylation sites (tertiary alicyclic amines) is 1. The van der Waals surface area contributed by atoms with Gasteiger partial charge < -0.3 is 10.0 Å². The first-order valence-electron chi connectivity index (χ1n) is 7.29. The Labute approximate surface area is 120 Å². The molecule has 1 aromatic heterocycles. The van der Waals surface area contributed by atoms with Crippen LogP contribution in [-0.4, -0.2) is 44.8 Å². The van der Waals surface area contributed by atoms with Crippen molar-refractivity contribution in [3.8, 4) is 0 Å². The Balaban J connectivity index is 2.23. The van der Waals surface area contributed by atoms with Gasteiger partial charge in [-0.1, -0.05) is 0 Å². The lowest BCUT2D eigenvalue weighted by Gasteiger charge is -2.36. The Morgan fingerprint density at radius 3 is 2.90 bits per heavy atom. The van der Waals surface area contributed by atoms with Gasteiger partial charge in [0.25, 0.3) is 5.91 Å². The molecule has 110 valence electrons. The molecule has 1 aromatic rings. The van der Waals surface area contributed by atoms with Crippen LogP contribution < -0.4 is 0 Å². The molecule has 0 bridgehead atoms. The van der Waals surface area contributed by atoms with Crippen LogP contribution >= 0.6 is 0 Å². The molecule has 1 amide bonds. The van der Waals surface area contributed by atoms with Crippen molar-refractivity contribution in [2.24, 2.45) is 0 Å². The maximum absolute atomic E-state index is 12.7. The summed E-state index contributed by atoms with van der Waals surface area (Å²) in [6.45, 7) is 6.19. The molecule has 0 saturated carbocycles. The number of carbonyl (C=O) groups is 1. The predicted molar refractivity (Wildman–Crippen MR) is 76.5 cm³/mol. The van der Waals surface area contributed by atoms with E-state index in [1.807, 2.05) is 18.7 Å². The zero-order chi connectivity index (χ0) is 14.7. The maximum Gasteiger partial charge on any atom is 0.256 e. The predicted octanol–water partition coefficient (Wildman–Crippen LogP) is 1.86. The quantitative estimate of drug-likeness (QED) is 0.915. The van der Waals surface area contributed by atoms with E-state index < -0.39 is 0 Å². The molecule has 1 saturated heterocycles. The van der Waals surface area contributed by atoms with Crippen LogP contribution in [0.15, 0.2) is 6.07 Å². The second-order valence-electron chi connectivity index (χ2n) is 5.72. The van der Waals surface area contributed by atoms with E-state index in [-0.39, 0.29) is 18.1 Å². The first-order valence-corrected chi connectivity index (χ1v) is 7.29. The highest BCUT2D eigenvalue weighted by Crippen LogP contribution is 2.23. The number of rotatable bonds is 3. The summed E-state index contributed by atoms with van der Waals surface area (Å²) >= 11 is 0. The van der Waals surface area contributed by atoms with Crippen LogP contribution in [0, 0.1) is 13.8 Å². The summed E-state index contributed by atoms with van der Waals surface area (Å²) in [5.74, 6) is 0.0193. The van der Waals surface area contributed by atoms with Gasteiger partial charge in [-0.2, -0.15) is 10.2 Å². The van der Waals surface area contributed by atoms with Gasteiger partial charge in [-0.3, -0.25) is 4.79 Å². The molecule has 0 aliphatic carbocycles. The number of nitrogens with zero attached hydrogens (tertiary/aromatic N) is 3. The normalized spacial score (nSPS) is 20.8. The molecule has 0 radical (unpaired) electrons. The summed E-state index contributed by atoms with van der Waals surface area (Å²) in [5, 5.41) is 17.6. The topological polar surface area (TPSA) is 66.3 Å². The molecule has 0 aromatic carbocycles. The van der Waals surface area contributed by atoms with Crippen molar-refractivity contribution in [1.82, 2.24) is 15.1 Å². The Kier molecular flexibility index (Phi) is 4.70. The molecule has 0 spiro atoms. The molecular formula is C15H23N3O2. The van der Waals surface area contributed by atoms with Gasteiger partial charge in [-0.25, -0.2) is 0 Å². The number of amides is 1. The van der Waals surface area contributed by atoms with E-state index in [1.165, 1.54) is 0 Å². The van der Waals surface area contributed by atoms with Crippen LogP contribution in [0.25, 0.3) is 0 Å². The lowest BCUT2D eigenvalue weighted by molar-refractivity contribution is 0.0513. The standard InChI is InChI=1S/C15H23N3O2/c1-10-8-14(12(3)17-16-10)15(20)18-7-5-4-6-13(18)9-11(2)19/h8,11,13,19H,4-7,9H2,1-3H3. The van der Waals surface area contributed by atoms with E-state index in [9.17, 15) is 9.90 Å². The fraction of sp³-hybridized carbons (Fsp3) is 0.667. The summed E-state index contributed by atoms with van der Waals surface area (Å²) in [4.78, 5) is 14.6. The lowest BCUT2D eigenvalue weighted by Crippen LogP contribution is -2.45. The second kappa shape index (κ2) is 6.31. The molecule has 2 rings (SSSR count). The summed E-state index contributed by atoms with van der Waals surface area (Å²) < 4.78 is 0. The van der Waals surface area contributed by atoms with E-state index in [2.05, 4.69) is 10.2 Å². The van der Waals surface area contributed by atoms with Crippen molar-refractivity contribution in [2.45, 2.75) is 58.6 Å². The number of carbonyl (C=O) groups excluding carboxylic acids is 1. The minimum atomic E-state index is -0.383. The Morgan fingerprint density at radius 2 is 2.20 bits per heavy atom. The van der Waals surface area contributed by atoms with Crippen LogP contribution in [0.5, 0.6) is 0 Å². The Bertz CT molecular complexity index is 488. The zero-order valence-electron chi connectivity index (χ0n) is 12.5. The number of aliphatic hydroxyl groups is 1. The molecule has 1 fully saturated rings. The minimum absolute atomic E-state index is 0.0193. The van der Waals surface area contributed by atoms with Gasteiger partial charge in [0.1, 0.15) is 0 Å². The van der Waals surface area contributed by atoms with Crippen LogP contribution in [0.4, 0.5) is 0 Å². The van der Waals surface area contributed by atoms with Gasteiger partial charge in [0, 0.05) is 12.6 Å². The number of aryl methyl sites for hydroxylation is 2. The van der Waals surface area contributed by atoms with Crippen molar-refractivity contribution in [2.75, 3.05) is 6.54 Å². The zero-order valence-corrected chi connectivity index (χ0v) is 12.5. The summed E-state index contributed by atoms with van der Waals surface area (Å²) in [7, 11) is 0. The molecule has 1 aliphatic rings. The number of aromatic nitrogens is 2. The van der Waals surface area contributed by atoms with Crippen molar-refractivity contribution in [3.63, 3.8) is 0 Å². The fourth-order valence-corrected chi connectivity index (χ4v) is 2.83. The highest BCUT2D eigenvalue weighted by Gasteiger charge is 2.29. The Hall–Kier alpha value is -1.49. The highest BCUT2D eigenvalue weighted by atomic mass is 16.3. The highest BCUT2D eigenvalue weighted by molar-refractivity contribution is 5.95. The van der Waals surface area contributed by atoms with Crippen LogP contribution in [0.1, 0.15) is 54.4 Å². The smallest absolute Gasteiger partial charge is 0.256 e. The monoisotopic (exact) mass is 277 g/mol. The van der Waals surface area contributed by atoms with Gasteiger partial charge in [-0.05, 0) is 52.5 Å². The SMILES string of the molecule is Cc1cc(C(=O)N2CCCCC2CC(C)O)c(C)nn1. The first kappa shape index (κ1) is 14.9. The average Bonchev–Trinajstić information content (AvgIpc) is 2.41. The molecule has 2 atom stereocenters. The lowest BCUT2D eigenvalue weighted by atomic mass is 9.96. The third kappa shape index (κ3) is 3.33. The number of aliphatic hydroxyl groups excluding tert-OH is 1. The van der Waals surface area contributed by atoms with E-state index >= 15 is 0 Å². The molecule has 2 unspecified atom stereocenters. The second-order valence-corrected chi connectivity index (χ2v) is 5.72. The average molecular weight is 277 g/mol. The fourth-order valence-electron chi connectivity index (χ4n) is 2.83. The molecular weight excluding hydrogens is 254 g/mol. The number of piperidine rings is 1. The van der Waals surface area contributed by atoms with Gasteiger partial charge >= 0.3 is 0 Å². The summed E-state index contributed by atoms with van der Waals surface area (Å²) in [6.07, 6.45) is 3.37. The van der Waals surface area contributed by atoms with Crippen LogP contribution in [-0.2, 0) is 0 Å². The van der Waals surface area contributed by atoms with E-state index in [0.717, 1.165) is 31.5 Å². The molecule has 5 nitrogen and oxygen atoms in total. The largest absolute Gasteiger partial charge is 0.393 e. The molecule has 1 aliphatic heterocycles. The van der Waals surface area contributed by atoms with Crippen LogP contribution in [0.3, 0.4) is 0 Å². The molecule has 5 heteroatoms. The molecule has 1 N–H and O–H groups in total. The third-order valence-electron chi connectivity index (χ3n) is 3.83. The number of hydrogen-bond acceptors (Lipinski definition) is 4. The third-order valence-corrected chi connectivity index (χ3v) is 3.83. The van der Waals surface area contributed by atoms with Gasteiger partial charge in [-0.15, -0.1) is 0 Å². The van der Waals surface area contributed by atoms with E-state index in [4.69, 9.17) is 0 Å². The van der Waals surface area contributed by atoms with Crippen molar-refractivity contribution in [1.29, 1.82) is 0 Å². The van der Waals surface area contributed by atoms with E-state index in [1.54, 1.807) is 13.0 Å². The Morgan fingerprint density at radius 1 is 1.45 bits per heavy atom. The molecule has 20 heavy (non-hydrogen) atoms. The van der Waals surface area contributed by atoms with Gasteiger partial charge in [0.2, 0.25) is 0 Å². The number of hydrogen-bond donors (Lipinski definition) is 1. The van der Waals surface area contributed by atoms with E-state index in [0.29, 0.717) is 17.7 Å². The van der Waals surface area contributed by atoms with Crippen LogP contribution in [0.2, 0.25) is 0 Å². The van der Waals surface area contributed by atoms with Gasteiger partial charge in [0.05, 0.1) is 23.1 Å². The maximum atomic E-state index is 12.7. The van der Waals surface area contributed by atoms with Crippen molar-refractivity contribution < 1.29 is 9.90 Å². The van der Waals surface area contributed by atoms with Gasteiger partial charge in [0.15, 0.2) is 0 Å². The minimum Gasteiger partial charge on any atom is -0.393 e. The van der Waals surface area contributed by atoms with Crippen molar-refractivity contribution >= 4 is 5.91 Å². The first-order chi connectivity index (χ1) is 9.49. The molecule has 2 heterocycles.